The van der Waals surface area contributed by atoms with E-state index in [0.717, 1.165) is 99.6 Å². The van der Waals surface area contributed by atoms with Gasteiger partial charge in [-0.15, -0.1) is 0 Å². The molecule has 10 heteroatoms. The molecule has 4 bridgehead atoms. The lowest BCUT2D eigenvalue weighted by molar-refractivity contribution is -0.149. The van der Waals surface area contributed by atoms with E-state index in [4.69, 9.17) is 9.47 Å². The molecule has 0 aromatic heterocycles. The van der Waals surface area contributed by atoms with Gasteiger partial charge in [-0.25, -0.2) is 9.59 Å². The molecule has 1 aromatic rings. The van der Waals surface area contributed by atoms with Crippen LogP contribution in [0.3, 0.4) is 0 Å². The standard InChI is InChI=1S/C42H54N4O6/c1-3-15-45(31-21-29-23-39(49)51-41(29)25-33(31)43-17-7-5-9-35(41)43)37(47)19-27-11-13-28(14-12-27)20-38(48)46(16-4-2)32-22-30-24-40(50)52-42(30)26-34(32)44-18-8-6-10-36(42)44/h11-14,23-24,31-36H,3-10,15-22,25-26H2,1-2H3/t31-,32+,33-,34-,35+,36+,41-,42-/m0/s1. The van der Waals surface area contributed by atoms with Crippen LogP contribution < -0.4 is 0 Å². The summed E-state index contributed by atoms with van der Waals surface area (Å²) in [5.41, 5.74) is 3.09. The van der Waals surface area contributed by atoms with Crippen LogP contribution in [0, 0.1) is 0 Å². The second-order valence-corrected chi connectivity index (χ2v) is 16.9. The Morgan fingerprint density at radius 1 is 0.692 bits per heavy atom. The van der Waals surface area contributed by atoms with Crippen molar-refractivity contribution in [2.24, 2.45) is 0 Å². The van der Waals surface area contributed by atoms with Crippen LogP contribution in [-0.2, 0) is 41.5 Å². The van der Waals surface area contributed by atoms with Gasteiger partial charge in [-0.05, 0) is 86.7 Å². The molecule has 2 aliphatic carbocycles. The van der Waals surface area contributed by atoms with E-state index in [2.05, 4.69) is 33.4 Å². The molecule has 10 nitrogen and oxygen atoms in total. The van der Waals surface area contributed by atoms with Gasteiger partial charge in [0.15, 0.2) is 11.2 Å². The topological polar surface area (TPSA) is 99.7 Å². The number of rotatable bonds is 10. The van der Waals surface area contributed by atoms with E-state index in [1.54, 1.807) is 12.2 Å². The van der Waals surface area contributed by atoms with Gasteiger partial charge in [0.05, 0.1) is 37.0 Å². The summed E-state index contributed by atoms with van der Waals surface area (Å²) in [5.74, 6) is -0.209. The molecule has 52 heavy (non-hydrogen) atoms. The maximum Gasteiger partial charge on any atom is 0.331 e. The fourth-order valence-corrected chi connectivity index (χ4v) is 12.1. The van der Waals surface area contributed by atoms with Crippen LogP contribution >= 0.6 is 0 Å². The number of carbonyl (C=O) groups excluding carboxylic acids is 4. The van der Waals surface area contributed by atoms with Gasteiger partial charge < -0.3 is 19.3 Å². The van der Waals surface area contributed by atoms with Crippen LogP contribution in [0.2, 0.25) is 0 Å². The van der Waals surface area contributed by atoms with Gasteiger partial charge in [-0.1, -0.05) is 51.0 Å². The average molecular weight is 711 g/mol. The molecular weight excluding hydrogens is 656 g/mol. The molecule has 0 N–H and O–H groups in total. The van der Waals surface area contributed by atoms with Crippen LogP contribution in [0.1, 0.15) is 102 Å². The molecule has 2 amide bonds. The zero-order valence-corrected chi connectivity index (χ0v) is 30.9. The highest BCUT2D eigenvalue weighted by molar-refractivity contribution is 5.88. The Morgan fingerprint density at radius 3 is 1.52 bits per heavy atom. The molecule has 8 atom stereocenters. The van der Waals surface area contributed by atoms with Crippen molar-refractivity contribution in [1.29, 1.82) is 0 Å². The molecule has 9 rings (SSSR count). The van der Waals surface area contributed by atoms with E-state index < -0.39 is 11.2 Å². The number of amides is 2. The van der Waals surface area contributed by atoms with Gasteiger partial charge in [0.1, 0.15) is 0 Å². The van der Waals surface area contributed by atoms with E-state index in [0.29, 0.717) is 38.8 Å². The van der Waals surface area contributed by atoms with Gasteiger partial charge in [0, 0.05) is 50.2 Å². The van der Waals surface area contributed by atoms with Crippen molar-refractivity contribution >= 4 is 23.8 Å². The van der Waals surface area contributed by atoms with Gasteiger partial charge in [0.25, 0.3) is 0 Å². The molecule has 6 heterocycles. The van der Waals surface area contributed by atoms with Crippen molar-refractivity contribution < 1.29 is 28.7 Å². The first kappa shape index (κ1) is 34.3. The summed E-state index contributed by atoms with van der Waals surface area (Å²) in [6.07, 6.45) is 15.4. The highest BCUT2D eigenvalue weighted by Crippen LogP contribution is 2.56. The Balaban J connectivity index is 0.890. The number of esters is 2. The molecule has 2 spiro atoms. The number of piperidine rings is 2. The summed E-state index contributed by atoms with van der Waals surface area (Å²) in [5, 5.41) is 0. The Bertz CT molecular complexity index is 1580. The van der Waals surface area contributed by atoms with Crippen molar-refractivity contribution in [3.8, 4) is 0 Å². The van der Waals surface area contributed by atoms with E-state index >= 15 is 0 Å². The Hall–Kier alpha value is -3.50. The largest absolute Gasteiger partial charge is 0.450 e. The summed E-state index contributed by atoms with van der Waals surface area (Å²) in [4.78, 5) is 62.8. The minimum Gasteiger partial charge on any atom is -0.450 e. The van der Waals surface area contributed by atoms with Crippen molar-refractivity contribution in [3.05, 3.63) is 58.7 Å². The van der Waals surface area contributed by atoms with Crippen molar-refractivity contribution in [2.45, 2.75) is 151 Å². The summed E-state index contributed by atoms with van der Waals surface area (Å²) in [6.45, 7) is 7.61. The minimum absolute atomic E-state index is 0.0283. The second kappa shape index (κ2) is 13.1. The third kappa shape index (κ3) is 5.32. The number of fused-ring (bicyclic) bond motifs is 6. The van der Waals surface area contributed by atoms with Gasteiger partial charge in [-0.3, -0.25) is 19.4 Å². The van der Waals surface area contributed by atoms with E-state index in [-0.39, 0.29) is 60.0 Å². The van der Waals surface area contributed by atoms with Crippen LogP contribution in [0.15, 0.2) is 47.6 Å². The van der Waals surface area contributed by atoms with Crippen molar-refractivity contribution in [2.75, 3.05) is 26.2 Å². The fraction of sp³-hybridized carbons (Fsp3) is 0.667. The van der Waals surface area contributed by atoms with Gasteiger partial charge in [-0.2, -0.15) is 0 Å². The third-order valence-corrected chi connectivity index (χ3v) is 14.1. The van der Waals surface area contributed by atoms with Crippen molar-refractivity contribution in [3.63, 3.8) is 0 Å². The second-order valence-electron chi connectivity index (χ2n) is 16.9. The Kier molecular flexibility index (Phi) is 8.64. The number of carbonyl (C=O) groups is 4. The zero-order chi connectivity index (χ0) is 35.8. The first-order valence-corrected chi connectivity index (χ1v) is 20.3. The summed E-state index contributed by atoms with van der Waals surface area (Å²) < 4.78 is 12.2. The predicted octanol–water partition coefficient (Wildman–Crippen LogP) is 4.49. The van der Waals surface area contributed by atoms with Crippen LogP contribution in [-0.4, -0.2) is 117 Å². The molecule has 8 aliphatic rings. The molecule has 6 aliphatic heterocycles. The monoisotopic (exact) mass is 710 g/mol. The molecule has 6 fully saturated rings. The van der Waals surface area contributed by atoms with Crippen molar-refractivity contribution in [1.82, 2.24) is 19.6 Å². The molecule has 0 radical (unpaired) electrons. The average Bonchev–Trinajstić information content (AvgIpc) is 3.84. The van der Waals surface area contributed by atoms with Gasteiger partial charge >= 0.3 is 11.9 Å². The molecule has 278 valence electrons. The zero-order valence-electron chi connectivity index (χ0n) is 30.9. The number of benzene rings is 1. The Morgan fingerprint density at radius 2 is 1.12 bits per heavy atom. The number of nitrogens with zero attached hydrogens (tertiary/aromatic N) is 4. The highest BCUT2D eigenvalue weighted by atomic mass is 16.6. The summed E-state index contributed by atoms with van der Waals surface area (Å²) in [7, 11) is 0. The van der Waals surface area contributed by atoms with Gasteiger partial charge in [0.2, 0.25) is 11.8 Å². The number of hydrogen-bond acceptors (Lipinski definition) is 8. The summed E-state index contributed by atoms with van der Waals surface area (Å²) in [6, 6.07) is 8.96. The van der Waals surface area contributed by atoms with E-state index in [9.17, 15) is 19.2 Å². The maximum absolute atomic E-state index is 14.1. The third-order valence-electron chi connectivity index (χ3n) is 14.1. The van der Waals surface area contributed by atoms with Crippen LogP contribution in [0.25, 0.3) is 0 Å². The van der Waals surface area contributed by atoms with Crippen LogP contribution in [0.5, 0.6) is 0 Å². The lowest BCUT2D eigenvalue weighted by atomic mass is 9.75. The fourth-order valence-electron chi connectivity index (χ4n) is 12.1. The molecule has 4 saturated heterocycles. The predicted molar refractivity (Wildman–Crippen MR) is 194 cm³/mol. The lowest BCUT2D eigenvalue weighted by Crippen LogP contribution is -2.54. The molecule has 1 aromatic carbocycles. The maximum atomic E-state index is 14.1. The minimum atomic E-state index is -0.491. The number of hydrogen-bond donors (Lipinski definition) is 0. The first-order valence-electron chi connectivity index (χ1n) is 20.3. The quantitative estimate of drug-likeness (QED) is 0.328. The first-order chi connectivity index (χ1) is 25.2. The molecular formula is C42H54N4O6. The Labute approximate surface area is 307 Å². The normalized spacial score (nSPS) is 35.8. The molecule has 0 unspecified atom stereocenters. The molecule has 2 saturated carbocycles. The van der Waals surface area contributed by atoms with E-state index in [1.807, 2.05) is 24.3 Å². The van der Waals surface area contributed by atoms with Crippen LogP contribution in [0.4, 0.5) is 0 Å². The number of ether oxygens (including phenoxy) is 2. The van der Waals surface area contributed by atoms with E-state index in [1.165, 1.54) is 0 Å². The smallest absolute Gasteiger partial charge is 0.331 e. The highest BCUT2D eigenvalue weighted by Gasteiger charge is 2.66. The SMILES string of the molecule is CCCN(C(=O)Cc1ccc(CC(=O)N(CCC)[C@H]2CC3=CC(=O)O[C@@]34C[C@@H]2N2CCCC[C@@H]24)cc1)[C@@H]1CC2=CC(=O)O[C@@]23C[C@@H]1N1CCCC[C@@H]13. The summed E-state index contributed by atoms with van der Waals surface area (Å²) >= 11 is 0. The lowest BCUT2D eigenvalue weighted by Gasteiger charge is -2.42.